The van der Waals surface area contributed by atoms with Crippen LogP contribution in [0.25, 0.3) is 0 Å². The van der Waals surface area contributed by atoms with Crippen LogP contribution in [0.1, 0.15) is 28.4 Å². The van der Waals surface area contributed by atoms with Gasteiger partial charge in [0, 0.05) is 10.2 Å². The lowest BCUT2D eigenvalue weighted by Gasteiger charge is -2.12. The van der Waals surface area contributed by atoms with E-state index >= 15 is 0 Å². The Labute approximate surface area is 133 Å². The quantitative estimate of drug-likeness (QED) is 0.868. The van der Waals surface area contributed by atoms with Gasteiger partial charge in [0.05, 0.1) is 12.2 Å². The number of anilines is 1. The highest BCUT2D eigenvalue weighted by atomic mass is 79.9. The number of rotatable bonds is 4. The van der Waals surface area contributed by atoms with Gasteiger partial charge < -0.3 is 10.1 Å². The average molecular weight is 348 g/mol. The molecule has 0 heterocycles. The van der Waals surface area contributed by atoms with Crippen molar-refractivity contribution in [1.29, 1.82) is 0 Å². The second-order valence-corrected chi connectivity index (χ2v) is 5.59. The molecular formula is C17H18BrNO2. The zero-order valence-electron chi connectivity index (χ0n) is 12.4. The summed E-state index contributed by atoms with van der Waals surface area (Å²) in [7, 11) is 0. The molecule has 1 amide bonds. The van der Waals surface area contributed by atoms with Crippen molar-refractivity contribution in [2.24, 2.45) is 0 Å². The van der Waals surface area contributed by atoms with Crippen molar-refractivity contribution >= 4 is 27.5 Å². The summed E-state index contributed by atoms with van der Waals surface area (Å²) >= 11 is 3.46. The van der Waals surface area contributed by atoms with Crippen LogP contribution in [0.5, 0.6) is 5.75 Å². The normalized spacial score (nSPS) is 10.3. The van der Waals surface area contributed by atoms with Crippen LogP contribution < -0.4 is 10.1 Å². The first-order valence-electron chi connectivity index (χ1n) is 6.83. The molecule has 0 aliphatic carbocycles. The minimum absolute atomic E-state index is 0.127. The van der Waals surface area contributed by atoms with Crippen LogP contribution in [0.2, 0.25) is 0 Å². The van der Waals surface area contributed by atoms with Crippen LogP contribution in [0.4, 0.5) is 5.69 Å². The third kappa shape index (κ3) is 3.64. The van der Waals surface area contributed by atoms with Crippen LogP contribution in [-0.4, -0.2) is 12.5 Å². The van der Waals surface area contributed by atoms with Crippen molar-refractivity contribution in [2.45, 2.75) is 20.8 Å². The Bertz CT molecular complexity index is 668. The van der Waals surface area contributed by atoms with Gasteiger partial charge >= 0.3 is 0 Å². The van der Waals surface area contributed by atoms with Crippen LogP contribution in [-0.2, 0) is 0 Å². The zero-order chi connectivity index (χ0) is 15.4. The fraction of sp³-hybridized carbons (Fsp3) is 0.235. The molecule has 0 aliphatic heterocycles. The molecule has 0 saturated carbocycles. The maximum absolute atomic E-state index is 12.4. The smallest absolute Gasteiger partial charge is 0.256 e. The molecule has 0 atom stereocenters. The number of halogens is 1. The molecule has 0 unspecified atom stereocenters. The molecule has 1 N–H and O–H groups in total. The Morgan fingerprint density at radius 2 is 1.95 bits per heavy atom. The van der Waals surface area contributed by atoms with Gasteiger partial charge in [-0.3, -0.25) is 4.79 Å². The van der Waals surface area contributed by atoms with Gasteiger partial charge in [-0.1, -0.05) is 12.1 Å². The van der Waals surface area contributed by atoms with Crippen molar-refractivity contribution in [3.05, 3.63) is 57.6 Å². The maximum atomic E-state index is 12.4. The standard InChI is InChI=1S/C17H18BrNO2/c1-4-21-13-8-9-15(12(3)10-13)19-17(20)14-7-5-6-11(2)16(14)18/h5-10H,4H2,1-3H3,(H,19,20). The predicted molar refractivity (Wildman–Crippen MR) is 89.2 cm³/mol. The lowest BCUT2D eigenvalue weighted by molar-refractivity contribution is 0.102. The van der Waals surface area contributed by atoms with E-state index in [2.05, 4.69) is 21.2 Å². The van der Waals surface area contributed by atoms with Gasteiger partial charge in [-0.15, -0.1) is 0 Å². The lowest BCUT2D eigenvalue weighted by Crippen LogP contribution is -2.13. The minimum atomic E-state index is -0.127. The molecule has 3 nitrogen and oxygen atoms in total. The van der Waals surface area contributed by atoms with Gasteiger partial charge in [0.1, 0.15) is 5.75 Å². The second kappa shape index (κ2) is 6.76. The van der Waals surface area contributed by atoms with Crippen LogP contribution >= 0.6 is 15.9 Å². The fourth-order valence-corrected chi connectivity index (χ4v) is 2.49. The number of aryl methyl sites for hydroxylation is 2. The van der Waals surface area contributed by atoms with Gasteiger partial charge in [0.2, 0.25) is 0 Å². The Kier molecular flexibility index (Phi) is 5.02. The van der Waals surface area contributed by atoms with Crippen molar-refractivity contribution in [2.75, 3.05) is 11.9 Å². The zero-order valence-corrected chi connectivity index (χ0v) is 14.0. The molecule has 110 valence electrons. The summed E-state index contributed by atoms with van der Waals surface area (Å²) in [4.78, 5) is 12.4. The highest BCUT2D eigenvalue weighted by Gasteiger charge is 2.12. The number of nitrogens with one attached hydrogen (secondary N) is 1. The number of benzene rings is 2. The van der Waals surface area contributed by atoms with E-state index in [1.54, 1.807) is 6.07 Å². The van der Waals surface area contributed by atoms with Gasteiger partial charge in [-0.25, -0.2) is 0 Å². The molecule has 0 saturated heterocycles. The van der Waals surface area contributed by atoms with Gasteiger partial charge in [0.25, 0.3) is 5.91 Å². The molecule has 2 rings (SSSR count). The Morgan fingerprint density at radius 1 is 1.19 bits per heavy atom. The van der Waals surface area contributed by atoms with Crippen LogP contribution in [0.15, 0.2) is 40.9 Å². The van der Waals surface area contributed by atoms with Crippen molar-refractivity contribution in [3.8, 4) is 5.75 Å². The summed E-state index contributed by atoms with van der Waals surface area (Å²) in [6, 6.07) is 11.3. The maximum Gasteiger partial charge on any atom is 0.256 e. The molecule has 0 fully saturated rings. The largest absolute Gasteiger partial charge is 0.494 e. The number of hydrogen-bond donors (Lipinski definition) is 1. The molecule has 0 aromatic heterocycles. The molecule has 2 aromatic carbocycles. The third-order valence-electron chi connectivity index (χ3n) is 3.19. The summed E-state index contributed by atoms with van der Waals surface area (Å²) in [5.41, 5.74) is 3.42. The number of hydrogen-bond acceptors (Lipinski definition) is 2. The van der Waals surface area contributed by atoms with Gasteiger partial charge in [0.15, 0.2) is 0 Å². The summed E-state index contributed by atoms with van der Waals surface area (Å²) in [6.45, 7) is 6.48. The van der Waals surface area contributed by atoms with E-state index in [1.165, 1.54) is 0 Å². The van der Waals surface area contributed by atoms with Crippen LogP contribution in [0.3, 0.4) is 0 Å². The third-order valence-corrected chi connectivity index (χ3v) is 4.25. The number of carbonyl (C=O) groups is 1. The van der Waals surface area contributed by atoms with Gasteiger partial charge in [-0.05, 0) is 72.1 Å². The first-order valence-corrected chi connectivity index (χ1v) is 7.62. The molecule has 2 aromatic rings. The first-order chi connectivity index (χ1) is 10.0. The van der Waals surface area contributed by atoms with Crippen molar-refractivity contribution in [1.82, 2.24) is 0 Å². The molecule has 0 spiro atoms. The van der Waals surface area contributed by atoms with Crippen LogP contribution in [0, 0.1) is 13.8 Å². The van der Waals surface area contributed by atoms with Crippen molar-refractivity contribution in [3.63, 3.8) is 0 Å². The topological polar surface area (TPSA) is 38.3 Å². The summed E-state index contributed by atoms with van der Waals surface area (Å²) in [5, 5.41) is 2.94. The molecule has 4 heteroatoms. The highest BCUT2D eigenvalue weighted by molar-refractivity contribution is 9.10. The Hall–Kier alpha value is -1.81. The van der Waals surface area contributed by atoms with Crippen molar-refractivity contribution < 1.29 is 9.53 Å². The van der Waals surface area contributed by atoms with E-state index < -0.39 is 0 Å². The van der Waals surface area contributed by atoms with E-state index in [4.69, 9.17) is 4.74 Å². The number of ether oxygens (including phenoxy) is 1. The Morgan fingerprint density at radius 3 is 2.62 bits per heavy atom. The molecule has 0 aliphatic rings. The second-order valence-electron chi connectivity index (χ2n) is 4.80. The molecule has 0 bridgehead atoms. The van der Waals surface area contributed by atoms with E-state index in [-0.39, 0.29) is 5.91 Å². The molecule has 21 heavy (non-hydrogen) atoms. The number of amides is 1. The predicted octanol–water partition coefficient (Wildman–Crippen LogP) is 4.72. The summed E-state index contributed by atoms with van der Waals surface area (Å²) in [6.07, 6.45) is 0. The SMILES string of the molecule is CCOc1ccc(NC(=O)c2cccc(C)c2Br)c(C)c1. The summed E-state index contributed by atoms with van der Waals surface area (Å²) in [5.74, 6) is 0.683. The lowest BCUT2D eigenvalue weighted by atomic mass is 10.1. The van der Waals surface area contributed by atoms with E-state index in [9.17, 15) is 4.79 Å². The average Bonchev–Trinajstić information content (AvgIpc) is 2.45. The Balaban J connectivity index is 2.22. The highest BCUT2D eigenvalue weighted by Crippen LogP contribution is 2.25. The fourth-order valence-electron chi connectivity index (χ4n) is 2.05. The van der Waals surface area contributed by atoms with E-state index in [1.807, 2.05) is 51.1 Å². The van der Waals surface area contributed by atoms with Gasteiger partial charge in [-0.2, -0.15) is 0 Å². The monoisotopic (exact) mass is 347 g/mol. The van der Waals surface area contributed by atoms with E-state index in [0.29, 0.717) is 12.2 Å². The number of carbonyl (C=O) groups excluding carboxylic acids is 1. The minimum Gasteiger partial charge on any atom is -0.494 e. The summed E-state index contributed by atoms with van der Waals surface area (Å²) < 4.78 is 6.27. The molecular weight excluding hydrogens is 330 g/mol. The van der Waals surface area contributed by atoms with E-state index in [0.717, 1.165) is 27.0 Å². The first kappa shape index (κ1) is 15.6. The molecule has 0 radical (unpaired) electrons.